The van der Waals surface area contributed by atoms with Crippen LogP contribution in [0.25, 0.3) is 11.0 Å². The van der Waals surface area contributed by atoms with Gasteiger partial charge in [0.25, 0.3) is 0 Å². The van der Waals surface area contributed by atoms with Crippen molar-refractivity contribution in [3.63, 3.8) is 0 Å². The summed E-state index contributed by atoms with van der Waals surface area (Å²) in [4.78, 5) is 14.3. The van der Waals surface area contributed by atoms with Gasteiger partial charge < -0.3 is 20.9 Å². The summed E-state index contributed by atoms with van der Waals surface area (Å²) >= 11 is 0. The molecular weight excluding hydrogens is 330 g/mol. The maximum atomic E-state index is 9.72. The Bertz CT molecular complexity index is 735. The number of piperidine rings is 1. The second-order valence-electron chi connectivity index (χ2n) is 7.58. The molecule has 7 heteroatoms. The van der Waals surface area contributed by atoms with Crippen molar-refractivity contribution in [3.05, 3.63) is 17.1 Å². The fourth-order valence-electron chi connectivity index (χ4n) is 3.99. The minimum atomic E-state index is -0.388. The molecule has 3 rings (SSSR count). The first-order valence-corrected chi connectivity index (χ1v) is 9.63. The van der Waals surface area contributed by atoms with Crippen LogP contribution in [0.1, 0.15) is 49.2 Å². The standard InChI is InChI=1S/C19H31N5O2/c1-12-16(17-18(21-12)19(20)23-13(2)22-17)7-5-3-4-6-8-24-10-14(25)9-15(26)11-24/h14-15,21,25-26H,3-11H2,1-2H3,(H2,20,22,23)/t14-,15+. The lowest BCUT2D eigenvalue weighted by atomic mass is 10.0. The lowest BCUT2D eigenvalue weighted by Gasteiger charge is -2.33. The van der Waals surface area contributed by atoms with Crippen LogP contribution in [-0.2, 0) is 6.42 Å². The molecule has 1 saturated heterocycles. The number of aromatic amines is 1. The van der Waals surface area contributed by atoms with E-state index in [4.69, 9.17) is 5.73 Å². The number of fused-ring (bicyclic) bond motifs is 1. The van der Waals surface area contributed by atoms with Gasteiger partial charge in [-0.05, 0) is 45.2 Å². The van der Waals surface area contributed by atoms with Gasteiger partial charge in [0.05, 0.1) is 17.7 Å². The number of nitrogen functional groups attached to an aromatic ring is 1. The van der Waals surface area contributed by atoms with Crippen LogP contribution in [0.15, 0.2) is 0 Å². The smallest absolute Gasteiger partial charge is 0.151 e. The highest BCUT2D eigenvalue weighted by atomic mass is 16.3. The van der Waals surface area contributed by atoms with E-state index in [1.807, 2.05) is 6.92 Å². The number of likely N-dealkylation sites (tertiary alicyclic amines) is 1. The van der Waals surface area contributed by atoms with E-state index < -0.39 is 0 Å². The Balaban J connectivity index is 1.44. The number of unbranched alkanes of at least 4 members (excludes halogenated alkanes) is 3. The average Bonchev–Trinajstić information content (AvgIpc) is 2.86. The van der Waals surface area contributed by atoms with E-state index in [0.29, 0.717) is 31.2 Å². The zero-order chi connectivity index (χ0) is 18.7. The van der Waals surface area contributed by atoms with Gasteiger partial charge in [0, 0.05) is 25.2 Å². The molecule has 5 N–H and O–H groups in total. The zero-order valence-corrected chi connectivity index (χ0v) is 15.8. The number of β-amino-alcohol motifs (C(OH)–C–C–N with tert-alkyl or cyclic N) is 2. The predicted molar refractivity (Wildman–Crippen MR) is 103 cm³/mol. The van der Waals surface area contributed by atoms with Crippen molar-refractivity contribution >= 4 is 16.9 Å². The molecule has 2 aromatic heterocycles. The molecule has 1 fully saturated rings. The van der Waals surface area contributed by atoms with Gasteiger partial charge in [-0.15, -0.1) is 0 Å². The number of nitrogens with two attached hydrogens (primary N) is 1. The lowest BCUT2D eigenvalue weighted by Crippen LogP contribution is -2.45. The Labute approximate surface area is 154 Å². The molecule has 0 saturated carbocycles. The number of aliphatic hydroxyl groups excluding tert-OH is 2. The number of nitrogens with zero attached hydrogens (tertiary/aromatic N) is 3. The Morgan fingerprint density at radius 2 is 1.77 bits per heavy atom. The highest BCUT2D eigenvalue weighted by Gasteiger charge is 2.23. The van der Waals surface area contributed by atoms with E-state index in [9.17, 15) is 10.2 Å². The fraction of sp³-hybridized carbons (Fsp3) is 0.684. The first kappa shape index (κ1) is 19.1. The Kier molecular flexibility index (Phi) is 6.11. The number of aryl methyl sites for hydroxylation is 3. The van der Waals surface area contributed by atoms with Gasteiger partial charge in [-0.2, -0.15) is 0 Å². The summed E-state index contributed by atoms with van der Waals surface area (Å²) in [5.41, 5.74) is 10.2. The van der Waals surface area contributed by atoms with Crippen molar-refractivity contribution < 1.29 is 10.2 Å². The Hall–Kier alpha value is -1.70. The van der Waals surface area contributed by atoms with Crippen LogP contribution in [0, 0.1) is 13.8 Å². The molecule has 1 aliphatic heterocycles. The van der Waals surface area contributed by atoms with Crippen LogP contribution in [-0.4, -0.2) is 61.9 Å². The number of H-pyrrole nitrogens is 1. The number of nitrogens with one attached hydrogen (secondary N) is 1. The van der Waals surface area contributed by atoms with Crippen molar-refractivity contribution in [2.24, 2.45) is 0 Å². The van der Waals surface area contributed by atoms with E-state index in [2.05, 4.69) is 26.8 Å². The lowest BCUT2D eigenvalue weighted by molar-refractivity contribution is -0.00838. The third-order valence-corrected chi connectivity index (χ3v) is 5.23. The van der Waals surface area contributed by atoms with E-state index >= 15 is 0 Å². The number of anilines is 1. The van der Waals surface area contributed by atoms with Crippen molar-refractivity contribution in [2.45, 2.75) is 64.6 Å². The van der Waals surface area contributed by atoms with Crippen molar-refractivity contribution in [1.29, 1.82) is 0 Å². The summed E-state index contributed by atoms with van der Waals surface area (Å²) in [5.74, 6) is 1.23. The third kappa shape index (κ3) is 4.52. The molecule has 0 amide bonds. The van der Waals surface area contributed by atoms with E-state index in [-0.39, 0.29) is 12.2 Å². The first-order valence-electron chi connectivity index (χ1n) is 9.63. The van der Waals surface area contributed by atoms with Crippen LogP contribution >= 0.6 is 0 Å². The number of rotatable bonds is 7. The van der Waals surface area contributed by atoms with Gasteiger partial charge in [-0.3, -0.25) is 4.90 Å². The quantitative estimate of drug-likeness (QED) is 0.559. The molecule has 0 unspecified atom stereocenters. The minimum absolute atomic E-state index is 0.388. The van der Waals surface area contributed by atoms with Crippen LogP contribution in [0.5, 0.6) is 0 Å². The zero-order valence-electron chi connectivity index (χ0n) is 15.8. The minimum Gasteiger partial charge on any atom is -0.392 e. The first-order chi connectivity index (χ1) is 12.4. The molecule has 0 bridgehead atoms. The Morgan fingerprint density at radius 1 is 1.08 bits per heavy atom. The van der Waals surface area contributed by atoms with Gasteiger partial charge in [0.2, 0.25) is 0 Å². The number of hydrogen-bond acceptors (Lipinski definition) is 6. The average molecular weight is 361 g/mol. The largest absolute Gasteiger partial charge is 0.392 e. The Morgan fingerprint density at radius 3 is 2.50 bits per heavy atom. The van der Waals surface area contributed by atoms with Crippen molar-refractivity contribution in [2.75, 3.05) is 25.4 Å². The normalized spacial score (nSPS) is 21.5. The molecule has 3 heterocycles. The van der Waals surface area contributed by atoms with Gasteiger partial charge in [-0.1, -0.05) is 12.8 Å². The molecule has 144 valence electrons. The molecule has 26 heavy (non-hydrogen) atoms. The maximum absolute atomic E-state index is 9.72. The second kappa shape index (κ2) is 8.33. The van der Waals surface area contributed by atoms with Crippen molar-refractivity contribution in [3.8, 4) is 0 Å². The van der Waals surface area contributed by atoms with Crippen LogP contribution in [0.3, 0.4) is 0 Å². The predicted octanol–water partition coefficient (Wildman–Crippen LogP) is 1.69. The van der Waals surface area contributed by atoms with Gasteiger partial charge >= 0.3 is 0 Å². The summed E-state index contributed by atoms with van der Waals surface area (Å²) in [7, 11) is 0. The molecule has 2 aromatic rings. The number of aromatic nitrogens is 3. The molecule has 0 aliphatic carbocycles. The maximum Gasteiger partial charge on any atom is 0.151 e. The van der Waals surface area contributed by atoms with Gasteiger partial charge in [0.1, 0.15) is 11.3 Å². The van der Waals surface area contributed by atoms with Gasteiger partial charge in [0.15, 0.2) is 5.82 Å². The highest BCUT2D eigenvalue weighted by Crippen LogP contribution is 2.25. The molecule has 7 nitrogen and oxygen atoms in total. The second-order valence-corrected chi connectivity index (χ2v) is 7.58. The summed E-state index contributed by atoms with van der Waals surface area (Å²) in [5, 5.41) is 19.4. The fourth-order valence-corrected chi connectivity index (χ4v) is 3.99. The van der Waals surface area contributed by atoms with Crippen LogP contribution in [0.4, 0.5) is 5.82 Å². The molecule has 0 spiro atoms. The molecule has 2 atom stereocenters. The summed E-state index contributed by atoms with van der Waals surface area (Å²) < 4.78 is 0. The van der Waals surface area contributed by atoms with Crippen molar-refractivity contribution in [1.82, 2.24) is 19.9 Å². The third-order valence-electron chi connectivity index (χ3n) is 5.23. The summed E-state index contributed by atoms with van der Waals surface area (Å²) in [6.45, 7) is 6.26. The monoisotopic (exact) mass is 361 g/mol. The number of hydrogen-bond donors (Lipinski definition) is 4. The van der Waals surface area contributed by atoms with Crippen LogP contribution in [0.2, 0.25) is 0 Å². The van der Waals surface area contributed by atoms with E-state index in [0.717, 1.165) is 55.4 Å². The summed E-state index contributed by atoms with van der Waals surface area (Å²) in [6, 6.07) is 0. The summed E-state index contributed by atoms with van der Waals surface area (Å²) in [6.07, 6.45) is 5.24. The van der Waals surface area contributed by atoms with E-state index in [1.54, 1.807) is 0 Å². The number of aliphatic hydroxyl groups is 2. The van der Waals surface area contributed by atoms with E-state index in [1.165, 1.54) is 5.56 Å². The molecule has 0 radical (unpaired) electrons. The van der Waals surface area contributed by atoms with Crippen LogP contribution < -0.4 is 5.73 Å². The SMILES string of the molecule is Cc1nc(N)c2[nH]c(C)c(CCCCCCN3C[C@H](O)C[C@H](O)C3)c2n1. The topological polar surface area (TPSA) is 111 Å². The van der Waals surface area contributed by atoms with Gasteiger partial charge in [-0.25, -0.2) is 9.97 Å². The molecule has 1 aliphatic rings. The molecular formula is C19H31N5O2. The molecule has 0 aromatic carbocycles. The highest BCUT2D eigenvalue weighted by molar-refractivity contribution is 5.88.